The van der Waals surface area contributed by atoms with Crippen LogP contribution in [-0.4, -0.2) is 49.2 Å². The number of amides is 1. The van der Waals surface area contributed by atoms with Crippen LogP contribution in [0.1, 0.15) is 27.0 Å². The van der Waals surface area contributed by atoms with Crippen LogP contribution in [0.4, 0.5) is 11.4 Å². The number of methoxy groups -OCH3 is 1. The topological polar surface area (TPSA) is 90.9 Å². The smallest absolute Gasteiger partial charge is 0.337 e. The molecule has 0 aliphatic carbocycles. The number of anilines is 2. The predicted molar refractivity (Wildman–Crippen MR) is 133 cm³/mol. The zero-order chi connectivity index (χ0) is 24.1. The summed E-state index contributed by atoms with van der Waals surface area (Å²) in [7, 11) is 3.29. The van der Waals surface area contributed by atoms with Crippen molar-refractivity contribution in [3.63, 3.8) is 0 Å². The van der Waals surface area contributed by atoms with E-state index in [2.05, 4.69) is 10.6 Å². The lowest BCUT2D eigenvalue weighted by atomic mass is 9.99. The first-order chi connectivity index (χ1) is 16.5. The number of carbonyl (C=O) groups excluding carboxylic acids is 2. The molecule has 0 bridgehead atoms. The molecule has 3 aromatic rings. The van der Waals surface area contributed by atoms with Crippen LogP contribution in [0.15, 0.2) is 72.8 Å². The van der Waals surface area contributed by atoms with Gasteiger partial charge in [0, 0.05) is 24.3 Å². The first kappa shape index (κ1) is 23.2. The molecule has 1 amide bonds. The molecule has 0 fully saturated rings. The van der Waals surface area contributed by atoms with E-state index in [0.29, 0.717) is 34.6 Å². The Labute approximate surface area is 198 Å². The summed E-state index contributed by atoms with van der Waals surface area (Å²) in [4.78, 5) is 27.0. The molecule has 7 nitrogen and oxygen atoms in total. The molecule has 0 unspecified atom stereocenters. The summed E-state index contributed by atoms with van der Waals surface area (Å²) in [6.07, 6.45) is 0. The highest BCUT2D eigenvalue weighted by Crippen LogP contribution is 2.38. The van der Waals surface area contributed by atoms with Crippen LogP contribution in [0.5, 0.6) is 0 Å². The van der Waals surface area contributed by atoms with E-state index in [9.17, 15) is 9.59 Å². The molecule has 0 saturated heterocycles. The molecule has 174 valence electrons. The van der Waals surface area contributed by atoms with Crippen molar-refractivity contribution in [3.8, 4) is 0 Å². The van der Waals surface area contributed by atoms with Gasteiger partial charge in [-0.3, -0.25) is 9.69 Å². The van der Waals surface area contributed by atoms with E-state index in [1.807, 2.05) is 66.5 Å². The number of aliphatic hydroxyl groups excluding tert-OH is 1. The van der Waals surface area contributed by atoms with Gasteiger partial charge in [-0.05, 0) is 42.4 Å². The van der Waals surface area contributed by atoms with Gasteiger partial charge < -0.3 is 20.5 Å². The van der Waals surface area contributed by atoms with Gasteiger partial charge in [0.1, 0.15) is 0 Å². The van der Waals surface area contributed by atoms with E-state index in [4.69, 9.17) is 9.84 Å². The minimum Gasteiger partial charge on any atom is -0.465 e. The number of rotatable bonds is 8. The highest BCUT2D eigenvalue weighted by Gasteiger charge is 2.29. The quantitative estimate of drug-likeness (QED) is 0.352. The molecule has 3 aromatic carbocycles. The largest absolute Gasteiger partial charge is 0.465 e. The monoisotopic (exact) mass is 457 g/mol. The number of fused-ring (bicyclic) bond motifs is 1. The van der Waals surface area contributed by atoms with Crippen molar-refractivity contribution in [2.75, 3.05) is 37.9 Å². The summed E-state index contributed by atoms with van der Waals surface area (Å²) in [5.74, 6) is -0.703. The summed E-state index contributed by atoms with van der Waals surface area (Å²) in [6, 6.07) is 22.7. The van der Waals surface area contributed by atoms with E-state index in [0.717, 1.165) is 23.4 Å². The van der Waals surface area contributed by atoms with E-state index in [-0.39, 0.29) is 12.5 Å². The van der Waals surface area contributed by atoms with Crippen molar-refractivity contribution in [2.24, 2.45) is 0 Å². The second kappa shape index (κ2) is 10.3. The van der Waals surface area contributed by atoms with Crippen LogP contribution in [0.2, 0.25) is 0 Å². The Kier molecular flexibility index (Phi) is 7.06. The van der Waals surface area contributed by atoms with Crippen LogP contribution < -0.4 is 10.6 Å². The molecule has 1 aliphatic heterocycles. The lowest BCUT2D eigenvalue weighted by Crippen LogP contribution is -2.21. The molecule has 0 atom stereocenters. The summed E-state index contributed by atoms with van der Waals surface area (Å²) in [6.45, 7) is 1.46. The van der Waals surface area contributed by atoms with Crippen LogP contribution in [0.25, 0.3) is 11.3 Å². The molecule has 0 spiro atoms. The van der Waals surface area contributed by atoms with Gasteiger partial charge in [-0.25, -0.2) is 4.79 Å². The normalized spacial score (nSPS) is 13.9. The van der Waals surface area contributed by atoms with Gasteiger partial charge in [-0.1, -0.05) is 48.5 Å². The Hall–Kier alpha value is -3.94. The third kappa shape index (κ3) is 5.01. The SMILES string of the molecule is COC(=O)c1ccc2c(c1)NC(=O)C2=C(Nc1ccc(CN(C)CCO)cc1)c1ccccc1. The van der Waals surface area contributed by atoms with Gasteiger partial charge in [-0.15, -0.1) is 0 Å². The number of carbonyl (C=O) groups is 2. The van der Waals surface area contributed by atoms with Crippen molar-refractivity contribution in [1.29, 1.82) is 0 Å². The Morgan fingerprint density at radius 2 is 1.76 bits per heavy atom. The summed E-state index contributed by atoms with van der Waals surface area (Å²) >= 11 is 0. The van der Waals surface area contributed by atoms with Gasteiger partial charge in [0.2, 0.25) is 0 Å². The van der Waals surface area contributed by atoms with Crippen LogP contribution in [0.3, 0.4) is 0 Å². The fraction of sp³-hybridized carbons (Fsp3) is 0.185. The number of hydrogen-bond acceptors (Lipinski definition) is 6. The highest BCUT2D eigenvalue weighted by molar-refractivity contribution is 6.37. The Morgan fingerprint density at radius 1 is 1.03 bits per heavy atom. The number of likely N-dealkylation sites (N-methyl/N-ethyl adjacent to an activating group) is 1. The molecule has 34 heavy (non-hydrogen) atoms. The molecule has 3 N–H and O–H groups in total. The third-order valence-corrected chi connectivity index (χ3v) is 5.66. The van der Waals surface area contributed by atoms with E-state index in [1.54, 1.807) is 18.2 Å². The number of esters is 1. The molecule has 4 rings (SSSR count). The highest BCUT2D eigenvalue weighted by atomic mass is 16.5. The Morgan fingerprint density at radius 3 is 2.44 bits per heavy atom. The van der Waals surface area contributed by atoms with Gasteiger partial charge in [-0.2, -0.15) is 0 Å². The first-order valence-electron chi connectivity index (χ1n) is 11.0. The fourth-order valence-corrected chi connectivity index (χ4v) is 3.95. The second-order valence-corrected chi connectivity index (χ2v) is 8.11. The van der Waals surface area contributed by atoms with E-state index >= 15 is 0 Å². The lowest BCUT2D eigenvalue weighted by Gasteiger charge is -2.17. The van der Waals surface area contributed by atoms with Crippen molar-refractivity contribution in [2.45, 2.75) is 6.54 Å². The minimum absolute atomic E-state index is 0.120. The summed E-state index contributed by atoms with van der Waals surface area (Å²) < 4.78 is 4.80. The average Bonchev–Trinajstić information content (AvgIpc) is 3.18. The van der Waals surface area contributed by atoms with Gasteiger partial charge in [0.25, 0.3) is 5.91 Å². The van der Waals surface area contributed by atoms with Gasteiger partial charge in [0.05, 0.1) is 36.2 Å². The van der Waals surface area contributed by atoms with Crippen molar-refractivity contribution in [1.82, 2.24) is 4.90 Å². The maximum atomic E-state index is 13.1. The number of hydrogen-bond donors (Lipinski definition) is 3. The van der Waals surface area contributed by atoms with Crippen molar-refractivity contribution >= 4 is 34.5 Å². The fourth-order valence-electron chi connectivity index (χ4n) is 3.95. The van der Waals surface area contributed by atoms with E-state index in [1.165, 1.54) is 7.11 Å². The molecule has 0 radical (unpaired) electrons. The van der Waals surface area contributed by atoms with E-state index < -0.39 is 5.97 Å². The van der Waals surface area contributed by atoms with Crippen molar-refractivity contribution in [3.05, 3.63) is 95.1 Å². The zero-order valence-corrected chi connectivity index (χ0v) is 19.2. The number of benzene rings is 3. The predicted octanol–water partition coefficient (Wildman–Crippen LogP) is 3.83. The lowest BCUT2D eigenvalue weighted by molar-refractivity contribution is -0.110. The summed E-state index contributed by atoms with van der Waals surface area (Å²) in [5.41, 5.74) is 5.66. The number of nitrogens with zero attached hydrogens (tertiary/aromatic N) is 1. The zero-order valence-electron chi connectivity index (χ0n) is 19.2. The Bertz CT molecular complexity index is 1220. The number of aliphatic hydroxyl groups is 1. The van der Waals surface area contributed by atoms with Crippen LogP contribution in [-0.2, 0) is 16.1 Å². The average molecular weight is 458 g/mol. The Balaban J connectivity index is 1.71. The van der Waals surface area contributed by atoms with Gasteiger partial charge >= 0.3 is 5.97 Å². The second-order valence-electron chi connectivity index (χ2n) is 8.11. The van der Waals surface area contributed by atoms with Crippen LogP contribution in [0, 0.1) is 0 Å². The summed E-state index contributed by atoms with van der Waals surface area (Å²) in [5, 5.41) is 15.4. The molecule has 1 heterocycles. The molecule has 0 aromatic heterocycles. The van der Waals surface area contributed by atoms with Gasteiger partial charge in [0.15, 0.2) is 0 Å². The molecular formula is C27H27N3O4. The number of nitrogens with one attached hydrogen (secondary N) is 2. The maximum Gasteiger partial charge on any atom is 0.337 e. The third-order valence-electron chi connectivity index (χ3n) is 5.66. The van der Waals surface area contributed by atoms with Crippen LogP contribution >= 0.6 is 0 Å². The maximum absolute atomic E-state index is 13.1. The standard InChI is InChI=1S/C27H27N3O4/c1-30(14-15-31)17-18-8-11-21(12-9-18)28-25(19-6-4-3-5-7-19)24-22-13-10-20(27(33)34-2)16-23(22)29-26(24)32/h3-13,16,28,31H,14-15,17H2,1-2H3,(H,29,32). The molecule has 1 aliphatic rings. The number of ether oxygens (including phenoxy) is 1. The molecule has 0 saturated carbocycles. The minimum atomic E-state index is -0.458. The molecule has 7 heteroatoms. The first-order valence-corrected chi connectivity index (χ1v) is 11.0. The molecular weight excluding hydrogens is 430 g/mol. The van der Waals surface area contributed by atoms with Crippen molar-refractivity contribution < 1.29 is 19.4 Å².